The van der Waals surface area contributed by atoms with Gasteiger partial charge in [-0.1, -0.05) is 24.3 Å². The van der Waals surface area contributed by atoms with Crippen molar-refractivity contribution in [3.63, 3.8) is 0 Å². The maximum absolute atomic E-state index is 12.1. The predicted molar refractivity (Wildman–Crippen MR) is 102 cm³/mol. The van der Waals surface area contributed by atoms with Crippen molar-refractivity contribution < 1.29 is 18.3 Å². The smallest absolute Gasteiger partial charge is 0.319 e. The number of nitrogens with two attached hydrogens (primary N) is 1. The highest BCUT2D eigenvalue weighted by Gasteiger charge is 2.43. The van der Waals surface area contributed by atoms with E-state index < -0.39 is 13.9 Å². The lowest BCUT2D eigenvalue weighted by atomic mass is 10.0. The molecule has 3 heterocycles. The van der Waals surface area contributed by atoms with Crippen molar-refractivity contribution in [2.75, 3.05) is 12.3 Å². The number of anilines is 1. The van der Waals surface area contributed by atoms with E-state index in [9.17, 15) is 9.83 Å². The monoisotopic (exact) mass is 401 g/mol. The number of nitriles is 1. The van der Waals surface area contributed by atoms with E-state index >= 15 is 0 Å². The number of ether oxygens (including phenoxy) is 1. The Bertz CT molecular complexity index is 998. The molecule has 1 aliphatic carbocycles. The van der Waals surface area contributed by atoms with E-state index in [0.29, 0.717) is 30.6 Å². The Balaban J connectivity index is 1.41. The Morgan fingerprint density at radius 3 is 3.14 bits per heavy atom. The SMILES string of the molecule is N#C[C@@]1(CO[PH](=O)OC2C=CC=CC2)CC[C@H](c2ccc3c(N)ncnn23)O1. The van der Waals surface area contributed by atoms with Crippen LogP contribution < -0.4 is 5.73 Å². The van der Waals surface area contributed by atoms with Gasteiger partial charge in [0.1, 0.15) is 24.0 Å². The van der Waals surface area contributed by atoms with Crippen LogP contribution in [0.3, 0.4) is 0 Å². The first-order chi connectivity index (χ1) is 13.6. The van der Waals surface area contributed by atoms with E-state index in [-0.39, 0.29) is 18.8 Å². The van der Waals surface area contributed by atoms with Crippen molar-refractivity contribution in [2.24, 2.45) is 0 Å². The summed E-state index contributed by atoms with van der Waals surface area (Å²) in [5.74, 6) is 0.372. The lowest BCUT2D eigenvalue weighted by Gasteiger charge is -2.22. The fourth-order valence-electron chi connectivity index (χ4n) is 3.38. The van der Waals surface area contributed by atoms with E-state index in [1.54, 1.807) is 4.52 Å². The number of aromatic nitrogens is 3. The molecule has 9 nitrogen and oxygen atoms in total. The van der Waals surface area contributed by atoms with Crippen molar-refractivity contribution in [3.05, 3.63) is 48.5 Å². The molecule has 2 aromatic heterocycles. The van der Waals surface area contributed by atoms with Gasteiger partial charge < -0.3 is 19.5 Å². The van der Waals surface area contributed by atoms with Gasteiger partial charge >= 0.3 is 8.25 Å². The summed E-state index contributed by atoms with van der Waals surface area (Å²) < 4.78 is 30.6. The molecule has 0 bridgehead atoms. The molecular formula is C18H20N5O4P. The van der Waals surface area contributed by atoms with E-state index in [2.05, 4.69) is 16.2 Å². The highest BCUT2D eigenvalue weighted by atomic mass is 31.1. The largest absolute Gasteiger partial charge is 0.382 e. The van der Waals surface area contributed by atoms with Crippen molar-refractivity contribution >= 4 is 19.6 Å². The standard InChI is InChI=1S/C18H20N5O4P/c19-10-18(11-25-28(24)27-13-4-2-1-3-5-13)9-8-16(26-18)14-6-7-15-17(20)21-12-22-23(14)15/h1-4,6-7,12-13,16,28H,5,8-9,11H2,(H2,20,21,22)/t13?,16-,18-/m1/s1. The van der Waals surface area contributed by atoms with Gasteiger partial charge in [-0.2, -0.15) is 10.4 Å². The number of nitrogens with zero attached hydrogens (tertiary/aromatic N) is 4. The summed E-state index contributed by atoms with van der Waals surface area (Å²) in [7, 11) is -2.74. The summed E-state index contributed by atoms with van der Waals surface area (Å²) in [5, 5.41) is 13.9. The molecule has 1 saturated heterocycles. The second-order valence-electron chi connectivity index (χ2n) is 6.70. The first-order valence-corrected chi connectivity index (χ1v) is 10.2. The number of allylic oxidation sites excluding steroid dienone is 2. The first-order valence-electron chi connectivity index (χ1n) is 8.94. The molecule has 2 aromatic rings. The van der Waals surface area contributed by atoms with Crippen LogP contribution in [0.4, 0.5) is 5.82 Å². The Labute approximate surface area is 162 Å². The molecular weight excluding hydrogens is 381 g/mol. The average molecular weight is 401 g/mol. The molecule has 4 rings (SSSR count). The first kappa shape index (κ1) is 18.8. The van der Waals surface area contributed by atoms with Gasteiger partial charge in [0, 0.05) is 0 Å². The molecule has 0 saturated carbocycles. The maximum atomic E-state index is 12.1. The fourth-order valence-corrected chi connectivity index (χ4v) is 4.22. The van der Waals surface area contributed by atoms with Gasteiger partial charge in [0.05, 0.1) is 18.4 Å². The minimum Gasteiger partial charge on any atom is -0.382 e. The van der Waals surface area contributed by atoms with Gasteiger partial charge in [0.15, 0.2) is 11.4 Å². The van der Waals surface area contributed by atoms with Gasteiger partial charge in [-0.05, 0) is 31.4 Å². The van der Waals surface area contributed by atoms with Gasteiger partial charge in [-0.15, -0.1) is 0 Å². The molecule has 28 heavy (non-hydrogen) atoms. The third kappa shape index (κ3) is 3.73. The summed E-state index contributed by atoms with van der Waals surface area (Å²) in [6.45, 7) is -0.121. The van der Waals surface area contributed by atoms with Crippen molar-refractivity contribution in [3.8, 4) is 6.07 Å². The molecule has 0 radical (unpaired) electrons. The summed E-state index contributed by atoms with van der Waals surface area (Å²) in [4.78, 5) is 3.97. The molecule has 2 N–H and O–H groups in total. The van der Waals surface area contributed by atoms with E-state index in [0.717, 1.165) is 5.69 Å². The Kier molecular flexibility index (Phi) is 5.29. The molecule has 2 aliphatic rings. The van der Waals surface area contributed by atoms with Crippen molar-refractivity contribution in [2.45, 2.75) is 37.1 Å². The summed E-state index contributed by atoms with van der Waals surface area (Å²) in [6, 6.07) is 5.84. The summed E-state index contributed by atoms with van der Waals surface area (Å²) in [5.41, 5.74) is 6.15. The zero-order chi connectivity index (χ0) is 19.6. The second kappa shape index (κ2) is 7.86. The highest BCUT2D eigenvalue weighted by Crippen LogP contribution is 2.42. The van der Waals surface area contributed by atoms with E-state index in [4.69, 9.17) is 19.5 Å². The molecule has 10 heteroatoms. The van der Waals surface area contributed by atoms with Gasteiger partial charge in [0.2, 0.25) is 0 Å². The fraction of sp³-hybridized carbons (Fsp3) is 0.389. The minimum atomic E-state index is -2.74. The number of nitrogen functional groups attached to an aromatic ring is 1. The zero-order valence-electron chi connectivity index (χ0n) is 15.0. The van der Waals surface area contributed by atoms with Crippen LogP contribution in [0.25, 0.3) is 5.52 Å². The van der Waals surface area contributed by atoms with Crippen molar-refractivity contribution in [1.29, 1.82) is 5.26 Å². The average Bonchev–Trinajstić information content (AvgIpc) is 3.33. The topological polar surface area (TPSA) is 125 Å². The Morgan fingerprint density at radius 1 is 1.46 bits per heavy atom. The number of fused-ring (bicyclic) bond motifs is 1. The molecule has 4 atom stereocenters. The Hall–Kier alpha value is -2.50. The van der Waals surface area contributed by atoms with Crippen LogP contribution in [0.1, 0.15) is 31.1 Å². The van der Waals surface area contributed by atoms with Crippen LogP contribution in [-0.4, -0.2) is 32.9 Å². The van der Waals surface area contributed by atoms with Gasteiger partial charge in [0.25, 0.3) is 0 Å². The lowest BCUT2D eigenvalue weighted by Crippen LogP contribution is -2.31. The third-order valence-electron chi connectivity index (χ3n) is 4.84. The second-order valence-corrected chi connectivity index (χ2v) is 7.72. The van der Waals surface area contributed by atoms with Crippen LogP contribution in [-0.2, 0) is 18.3 Å². The normalized spacial score (nSPS) is 27.8. The number of hydrogen-bond donors (Lipinski definition) is 1. The van der Waals surface area contributed by atoms with Crippen LogP contribution in [0.2, 0.25) is 0 Å². The van der Waals surface area contributed by atoms with Gasteiger partial charge in [-0.3, -0.25) is 4.57 Å². The van der Waals surface area contributed by atoms with Crippen LogP contribution >= 0.6 is 8.25 Å². The zero-order valence-corrected chi connectivity index (χ0v) is 16.0. The van der Waals surface area contributed by atoms with E-state index in [1.165, 1.54) is 6.33 Å². The van der Waals surface area contributed by atoms with Crippen LogP contribution in [0.15, 0.2) is 42.8 Å². The predicted octanol–water partition coefficient (Wildman–Crippen LogP) is 2.73. The number of hydrogen-bond acceptors (Lipinski definition) is 8. The third-order valence-corrected chi connectivity index (χ3v) is 5.71. The van der Waals surface area contributed by atoms with Gasteiger partial charge in [-0.25, -0.2) is 9.50 Å². The molecule has 0 aromatic carbocycles. The Morgan fingerprint density at radius 2 is 2.36 bits per heavy atom. The van der Waals surface area contributed by atoms with Crippen LogP contribution in [0.5, 0.6) is 0 Å². The molecule has 0 amide bonds. The highest BCUT2D eigenvalue weighted by molar-refractivity contribution is 7.33. The quantitative estimate of drug-likeness (QED) is 0.733. The summed E-state index contributed by atoms with van der Waals surface area (Å²) >= 11 is 0. The molecule has 0 spiro atoms. The van der Waals surface area contributed by atoms with Crippen molar-refractivity contribution in [1.82, 2.24) is 14.6 Å². The number of rotatable bonds is 6. The lowest BCUT2D eigenvalue weighted by molar-refractivity contribution is -0.0344. The van der Waals surface area contributed by atoms with E-state index in [1.807, 2.05) is 36.4 Å². The molecule has 146 valence electrons. The minimum absolute atomic E-state index is 0.121. The molecule has 2 unspecified atom stereocenters. The maximum Gasteiger partial charge on any atom is 0.319 e. The summed E-state index contributed by atoms with van der Waals surface area (Å²) in [6.07, 6.45) is 9.93. The molecule has 1 aliphatic heterocycles. The molecule has 1 fully saturated rings. The van der Waals surface area contributed by atoms with Crippen LogP contribution in [0, 0.1) is 11.3 Å².